The van der Waals surface area contributed by atoms with Gasteiger partial charge in [0.25, 0.3) is 0 Å². The molecule has 3 aromatic rings. The van der Waals surface area contributed by atoms with Gasteiger partial charge in [-0.1, -0.05) is 54.6 Å². The zero-order valence-electron chi connectivity index (χ0n) is 10.8. The standard InChI is InChI=1S/C18H12N2/c19-13-17(14-6-2-1-3-7-14)12-16-9-4-8-15-10-5-11-20-18(15)16/h1-12H/b17-12-. The smallest absolute Gasteiger partial charge is 0.0998 e. The summed E-state index contributed by atoms with van der Waals surface area (Å²) < 4.78 is 0. The second kappa shape index (κ2) is 5.38. The van der Waals surface area contributed by atoms with E-state index >= 15 is 0 Å². The molecule has 2 aromatic carbocycles. The Labute approximate surface area is 117 Å². The van der Waals surface area contributed by atoms with Gasteiger partial charge < -0.3 is 0 Å². The van der Waals surface area contributed by atoms with Crippen LogP contribution in [-0.2, 0) is 0 Å². The Bertz CT molecular complexity index is 806. The van der Waals surface area contributed by atoms with Gasteiger partial charge in [-0.05, 0) is 17.7 Å². The molecular formula is C18H12N2. The molecule has 0 N–H and O–H groups in total. The van der Waals surface area contributed by atoms with Gasteiger partial charge in [0.2, 0.25) is 0 Å². The van der Waals surface area contributed by atoms with Crippen molar-refractivity contribution >= 4 is 22.6 Å². The molecule has 0 fully saturated rings. The lowest BCUT2D eigenvalue weighted by atomic mass is 10.0. The van der Waals surface area contributed by atoms with E-state index in [1.807, 2.05) is 66.7 Å². The average molecular weight is 256 g/mol. The lowest BCUT2D eigenvalue weighted by Gasteiger charge is -2.03. The minimum Gasteiger partial charge on any atom is -0.256 e. The lowest BCUT2D eigenvalue weighted by molar-refractivity contribution is 1.40. The summed E-state index contributed by atoms with van der Waals surface area (Å²) in [6, 6.07) is 21.9. The quantitative estimate of drug-likeness (QED) is 0.506. The molecule has 0 unspecified atom stereocenters. The van der Waals surface area contributed by atoms with Crippen LogP contribution in [0, 0.1) is 11.3 Å². The van der Waals surface area contributed by atoms with Gasteiger partial charge in [0, 0.05) is 17.1 Å². The van der Waals surface area contributed by atoms with Crippen molar-refractivity contribution < 1.29 is 0 Å². The van der Waals surface area contributed by atoms with Crippen molar-refractivity contribution in [2.24, 2.45) is 0 Å². The van der Waals surface area contributed by atoms with Crippen LogP contribution in [0.15, 0.2) is 66.9 Å². The average Bonchev–Trinajstić information content (AvgIpc) is 2.53. The number of aromatic nitrogens is 1. The molecule has 0 atom stereocenters. The van der Waals surface area contributed by atoms with Gasteiger partial charge in [0.15, 0.2) is 0 Å². The maximum atomic E-state index is 9.37. The Morgan fingerprint density at radius 2 is 1.75 bits per heavy atom. The van der Waals surface area contributed by atoms with Gasteiger partial charge in [-0.2, -0.15) is 5.26 Å². The fourth-order valence-corrected chi connectivity index (χ4v) is 2.20. The van der Waals surface area contributed by atoms with Crippen LogP contribution < -0.4 is 0 Å². The molecule has 0 saturated heterocycles. The molecule has 0 radical (unpaired) electrons. The maximum Gasteiger partial charge on any atom is 0.0998 e. The van der Waals surface area contributed by atoms with Crippen LogP contribution in [0.3, 0.4) is 0 Å². The minimum absolute atomic E-state index is 0.642. The number of hydrogen-bond donors (Lipinski definition) is 0. The molecular weight excluding hydrogens is 244 g/mol. The molecule has 1 heterocycles. The molecule has 0 bridgehead atoms. The third-order valence-electron chi connectivity index (χ3n) is 3.17. The Hall–Kier alpha value is -2.92. The highest BCUT2D eigenvalue weighted by Crippen LogP contribution is 2.22. The molecule has 94 valence electrons. The van der Waals surface area contributed by atoms with E-state index in [-0.39, 0.29) is 0 Å². The molecule has 2 heteroatoms. The predicted molar refractivity (Wildman–Crippen MR) is 81.7 cm³/mol. The monoisotopic (exact) mass is 256 g/mol. The molecule has 1 aromatic heterocycles. The van der Waals surface area contributed by atoms with Gasteiger partial charge in [-0.15, -0.1) is 0 Å². The van der Waals surface area contributed by atoms with Gasteiger partial charge >= 0.3 is 0 Å². The first-order chi connectivity index (χ1) is 9.88. The van der Waals surface area contributed by atoms with Crippen LogP contribution in [0.5, 0.6) is 0 Å². The SMILES string of the molecule is N#C/C(=C/c1cccc2cccnc12)c1ccccc1. The summed E-state index contributed by atoms with van der Waals surface area (Å²) >= 11 is 0. The van der Waals surface area contributed by atoms with Gasteiger partial charge in [0.05, 0.1) is 17.2 Å². The molecule has 0 aliphatic carbocycles. The number of rotatable bonds is 2. The summed E-state index contributed by atoms with van der Waals surface area (Å²) in [6.07, 6.45) is 3.67. The number of hydrogen-bond acceptors (Lipinski definition) is 2. The number of allylic oxidation sites excluding steroid dienone is 1. The molecule has 0 spiro atoms. The van der Waals surface area contributed by atoms with Crippen LogP contribution in [0.2, 0.25) is 0 Å². The van der Waals surface area contributed by atoms with E-state index in [4.69, 9.17) is 0 Å². The first-order valence-electron chi connectivity index (χ1n) is 6.39. The third-order valence-corrected chi connectivity index (χ3v) is 3.17. The highest BCUT2D eigenvalue weighted by Gasteiger charge is 2.03. The largest absolute Gasteiger partial charge is 0.256 e. The lowest BCUT2D eigenvalue weighted by Crippen LogP contribution is -1.85. The fraction of sp³-hybridized carbons (Fsp3) is 0. The first kappa shape index (κ1) is 12.1. The van der Waals surface area contributed by atoms with E-state index < -0.39 is 0 Å². The molecule has 20 heavy (non-hydrogen) atoms. The summed E-state index contributed by atoms with van der Waals surface area (Å²) in [6.45, 7) is 0. The van der Waals surface area contributed by atoms with E-state index in [1.54, 1.807) is 6.20 Å². The molecule has 3 rings (SSSR count). The zero-order valence-corrected chi connectivity index (χ0v) is 10.8. The van der Waals surface area contributed by atoms with E-state index in [0.717, 1.165) is 22.0 Å². The van der Waals surface area contributed by atoms with Crippen LogP contribution in [0.25, 0.3) is 22.6 Å². The van der Waals surface area contributed by atoms with E-state index in [0.29, 0.717) is 5.57 Å². The van der Waals surface area contributed by atoms with E-state index in [1.165, 1.54) is 0 Å². The molecule has 2 nitrogen and oxygen atoms in total. The van der Waals surface area contributed by atoms with Crippen molar-refractivity contribution in [2.75, 3.05) is 0 Å². The minimum atomic E-state index is 0.642. The Balaban J connectivity index is 2.16. The maximum absolute atomic E-state index is 9.37. The van der Waals surface area contributed by atoms with Crippen LogP contribution >= 0.6 is 0 Å². The summed E-state index contributed by atoms with van der Waals surface area (Å²) in [5.74, 6) is 0. The Morgan fingerprint density at radius 1 is 0.950 bits per heavy atom. The number of pyridine rings is 1. The van der Waals surface area contributed by atoms with Gasteiger partial charge in [-0.3, -0.25) is 4.98 Å². The Kier molecular flexibility index (Phi) is 3.26. The predicted octanol–water partition coefficient (Wildman–Crippen LogP) is 4.30. The van der Waals surface area contributed by atoms with Crippen molar-refractivity contribution in [3.05, 3.63) is 78.0 Å². The van der Waals surface area contributed by atoms with Crippen molar-refractivity contribution in [3.63, 3.8) is 0 Å². The van der Waals surface area contributed by atoms with E-state index in [2.05, 4.69) is 11.1 Å². The number of fused-ring (bicyclic) bond motifs is 1. The summed E-state index contributed by atoms with van der Waals surface area (Å²) in [5.41, 5.74) is 3.44. The van der Waals surface area contributed by atoms with Crippen molar-refractivity contribution in [2.45, 2.75) is 0 Å². The van der Waals surface area contributed by atoms with Crippen LogP contribution in [-0.4, -0.2) is 4.98 Å². The summed E-state index contributed by atoms with van der Waals surface area (Å²) in [7, 11) is 0. The highest BCUT2D eigenvalue weighted by atomic mass is 14.6. The number of nitriles is 1. The topological polar surface area (TPSA) is 36.7 Å². The number of nitrogens with zero attached hydrogens (tertiary/aromatic N) is 2. The number of benzene rings is 2. The van der Waals surface area contributed by atoms with E-state index in [9.17, 15) is 5.26 Å². The van der Waals surface area contributed by atoms with Crippen molar-refractivity contribution in [3.8, 4) is 6.07 Å². The summed E-state index contributed by atoms with van der Waals surface area (Å²) in [5, 5.41) is 10.4. The van der Waals surface area contributed by atoms with Crippen molar-refractivity contribution in [1.29, 1.82) is 5.26 Å². The molecule has 0 aliphatic rings. The Morgan fingerprint density at radius 3 is 2.55 bits per heavy atom. The second-order valence-electron chi connectivity index (χ2n) is 4.46. The molecule has 0 aliphatic heterocycles. The zero-order chi connectivity index (χ0) is 13.8. The highest BCUT2D eigenvalue weighted by molar-refractivity contribution is 5.96. The first-order valence-corrected chi connectivity index (χ1v) is 6.39. The van der Waals surface area contributed by atoms with Gasteiger partial charge in [0.1, 0.15) is 0 Å². The summed E-state index contributed by atoms with van der Waals surface area (Å²) in [4.78, 5) is 4.41. The molecule has 0 saturated carbocycles. The van der Waals surface area contributed by atoms with Crippen LogP contribution in [0.1, 0.15) is 11.1 Å². The normalized spacial score (nSPS) is 11.2. The second-order valence-corrected chi connectivity index (χ2v) is 4.46. The third kappa shape index (κ3) is 2.30. The van der Waals surface area contributed by atoms with Crippen LogP contribution in [0.4, 0.5) is 0 Å². The fourth-order valence-electron chi connectivity index (χ4n) is 2.20. The molecule has 0 amide bonds. The van der Waals surface area contributed by atoms with Crippen molar-refractivity contribution in [1.82, 2.24) is 4.98 Å². The number of para-hydroxylation sites is 1. The van der Waals surface area contributed by atoms with Gasteiger partial charge in [-0.25, -0.2) is 0 Å².